The van der Waals surface area contributed by atoms with E-state index < -0.39 is 0 Å². The molecule has 1 aliphatic heterocycles. The number of benzene rings is 1. The van der Waals surface area contributed by atoms with Gasteiger partial charge in [0.2, 0.25) is 6.41 Å². The predicted molar refractivity (Wildman–Crippen MR) is 57.7 cm³/mol. The molecule has 1 fully saturated rings. The van der Waals surface area contributed by atoms with Crippen molar-refractivity contribution >= 4 is 6.41 Å². The number of amides is 1. The molecule has 1 atom stereocenters. The molecule has 1 aromatic rings. The fourth-order valence-electron chi connectivity index (χ4n) is 2.19. The van der Waals surface area contributed by atoms with Crippen LogP contribution in [0, 0.1) is 0 Å². The van der Waals surface area contributed by atoms with E-state index in [1.165, 1.54) is 0 Å². The van der Waals surface area contributed by atoms with E-state index in [0.29, 0.717) is 0 Å². The van der Waals surface area contributed by atoms with Crippen molar-refractivity contribution in [3.63, 3.8) is 0 Å². The van der Waals surface area contributed by atoms with Gasteiger partial charge in [0, 0.05) is 12.1 Å². The average Bonchev–Trinajstić information content (AvgIpc) is 2.76. The Morgan fingerprint density at radius 1 is 1.47 bits per heavy atom. The Bertz CT molecular complexity index is 351. The number of methoxy groups -OCH3 is 1. The van der Waals surface area contributed by atoms with Gasteiger partial charge in [-0.3, -0.25) is 4.79 Å². The first-order valence-corrected chi connectivity index (χ1v) is 5.20. The van der Waals surface area contributed by atoms with Crippen LogP contribution in [0.15, 0.2) is 24.3 Å². The SMILES string of the molecule is COc1ccccc1[C@@H]1CCCN1C=O. The van der Waals surface area contributed by atoms with Crippen molar-refractivity contribution in [2.75, 3.05) is 13.7 Å². The molecule has 80 valence electrons. The lowest BCUT2D eigenvalue weighted by atomic mass is 10.0. The third-order valence-electron chi connectivity index (χ3n) is 2.93. The molecule has 15 heavy (non-hydrogen) atoms. The van der Waals surface area contributed by atoms with Gasteiger partial charge in [-0.05, 0) is 18.9 Å². The van der Waals surface area contributed by atoms with Crippen molar-refractivity contribution in [2.45, 2.75) is 18.9 Å². The van der Waals surface area contributed by atoms with Crippen molar-refractivity contribution < 1.29 is 9.53 Å². The number of para-hydroxylation sites is 1. The van der Waals surface area contributed by atoms with Crippen LogP contribution in [0.2, 0.25) is 0 Å². The number of rotatable bonds is 3. The van der Waals surface area contributed by atoms with Crippen LogP contribution >= 0.6 is 0 Å². The highest BCUT2D eigenvalue weighted by atomic mass is 16.5. The average molecular weight is 205 g/mol. The number of carbonyl (C=O) groups is 1. The summed E-state index contributed by atoms with van der Waals surface area (Å²) in [6.45, 7) is 0.853. The van der Waals surface area contributed by atoms with Crippen LogP contribution in [0.5, 0.6) is 5.75 Å². The van der Waals surface area contributed by atoms with Crippen molar-refractivity contribution in [2.24, 2.45) is 0 Å². The van der Waals surface area contributed by atoms with Gasteiger partial charge in [-0.15, -0.1) is 0 Å². The first kappa shape index (κ1) is 10.0. The maximum absolute atomic E-state index is 10.9. The number of carbonyl (C=O) groups excluding carboxylic acids is 1. The molecule has 3 nitrogen and oxygen atoms in total. The third kappa shape index (κ3) is 1.82. The predicted octanol–water partition coefficient (Wildman–Crippen LogP) is 1.99. The number of ether oxygens (including phenoxy) is 1. The largest absolute Gasteiger partial charge is 0.496 e. The van der Waals surface area contributed by atoms with Crippen LogP contribution in [0.4, 0.5) is 0 Å². The van der Waals surface area contributed by atoms with E-state index in [9.17, 15) is 4.79 Å². The van der Waals surface area contributed by atoms with Gasteiger partial charge >= 0.3 is 0 Å². The van der Waals surface area contributed by atoms with Gasteiger partial charge in [0.1, 0.15) is 5.75 Å². The molecule has 1 heterocycles. The standard InChI is InChI=1S/C12H15NO2/c1-15-12-7-3-2-5-10(12)11-6-4-8-13(11)9-14/h2-3,5,7,9,11H,4,6,8H2,1H3/t11-/m0/s1. The van der Waals surface area contributed by atoms with Gasteiger partial charge in [-0.25, -0.2) is 0 Å². The van der Waals surface area contributed by atoms with E-state index in [0.717, 1.165) is 37.1 Å². The molecule has 0 bridgehead atoms. The van der Waals surface area contributed by atoms with Gasteiger partial charge in [-0.1, -0.05) is 18.2 Å². The molecule has 0 spiro atoms. The van der Waals surface area contributed by atoms with Crippen LogP contribution in [0.25, 0.3) is 0 Å². The third-order valence-corrected chi connectivity index (χ3v) is 2.93. The Morgan fingerprint density at radius 3 is 3.00 bits per heavy atom. The quantitative estimate of drug-likeness (QED) is 0.706. The van der Waals surface area contributed by atoms with E-state index in [1.807, 2.05) is 29.2 Å². The molecule has 0 saturated carbocycles. The molecule has 1 amide bonds. The summed E-state index contributed by atoms with van der Waals surface area (Å²) in [5, 5.41) is 0. The number of hydrogen-bond donors (Lipinski definition) is 0. The highest BCUT2D eigenvalue weighted by Gasteiger charge is 2.26. The lowest BCUT2D eigenvalue weighted by Gasteiger charge is -2.22. The zero-order valence-electron chi connectivity index (χ0n) is 8.85. The summed E-state index contributed by atoms with van der Waals surface area (Å²) in [4.78, 5) is 12.7. The van der Waals surface area contributed by atoms with Crippen molar-refractivity contribution in [3.05, 3.63) is 29.8 Å². The lowest BCUT2D eigenvalue weighted by Crippen LogP contribution is -2.21. The van der Waals surface area contributed by atoms with Crippen molar-refractivity contribution in [3.8, 4) is 5.75 Å². The van der Waals surface area contributed by atoms with Crippen LogP contribution in [0.1, 0.15) is 24.4 Å². The molecule has 0 aliphatic carbocycles. The molecule has 0 radical (unpaired) electrons. The monoisotopic (exact) mass is 205 g/mol. The summed E-state index contributed by atoms with van der Waals surface area (Å²) >= 11 is 0. The molecule has 0 N–H and O–H groups in total. The Kier molecular flexibility index (Phi) is 2.90. The summed E-state index contributed by atoms with van der Waals surface area (Å²) in [6.07, 6.45) is 3.03. The van der Waals surface area contributed by atoms with Gasteiger partial charge in [0.25, 0.3) is 0 Å². The maximum atomic E-state index is 10.9. The van der Waals surface area contributed by atoms with Crippen LogP contribution in [0.3, 0.4) is 0 Å². The Hall–Kier alpha value is -1.51. The molecule has 0 aromatic heterocycles. The first-order valence-electron chi connectivity index (χ1n) is 5.20. The van der Waals surface area contributed by atoms with E-state index >= 15 is 0 Å². The highest BCUT2D eigenvalue weighted by Crippen LogP contribution is 2.35. The minimum atomic E-state index is 0.193. The molecular weight excluding hydrogens is 190 g/mol. The van der Waals surface area contributed by atoms with Crippen molar-refractivity contribution in [1.82, 2.24) is 4.90 Å². The van der Waals surface area contributed by atoms with E-state index in [1.54, 1.807) is 7.11 Å². The summed E-state index contributed by atoms with van der Waals surface area (Å²) < 4.78 is 5.31. The van der Waals surface area contributed by atoms with Crippen molar-refractivity contribution in [1.29, 1.82) is 0 Å². The van der Waals surface area contributed by atoms with Gasteiger partial charge in [-0.2, -0.15) is 0 Å². The Labute approximate surface area is 89.7 Å². The fourth-order valence-corrected chi connectivity index (χ4v) is 2.19. The lowest BCUT2D eigenvalue weighted by molar-refractivity contribution is -0.118. The van der Waals surface area contributed by atoms with Crippen LogP contribution in [-0.4, -0.2) is 25.0 Å². The minimum Gasteiger partial charge on any atom is -0.496 e. The highest BCUT2D eigenvalue weighted by molar-refractivity contribution is 5.51. The maximum Gasteiger partial charge on any atom is 0.210 e. The Balaban J connectivity index is 2.31. The normalized spacial score (nSPS) is 20.3. The zero-order chi connectivity index (χ0) is 10.7. The van der Waals surface area contributed by atoms with Gasteiger partial charge in [0.15, 0.2) is 0 Å². The summed E-state index contributed by atoms with van der Waals surface area (Å²) in [7, 11) is 1.67. The second-order valence-electron chi connectivity index (χ2n) is 3.74. The number of likely N-dealkylation sites (tertiary alicyclic amines) is 1. The second-order valence-corrected chi connectivity index (χ2v) is 3.74. The first-order chi connectivity index (χ1) is 7.36. The number of nitrogens with zero attached hydrogens (tertiary/aromatic N) is 1. The molecule has 1 aromatic carbocycles. The van der Waals surface area contributed by atoms with E-state index in [-0.39, 0.29) is 6.04 Å². The number of hydrogen-bond acceptors (Lipinski definition) is 2. The van der Waals surface area contributed by atoms with Crippen LogP contribution in [-0.2, 0) is 4.79 Å². The topological polar surface area (TPSA) is 29.5 Å². The summed E-state index contributed by atoms with van der Waals surface area (Å²) in [6, 6.07) is 8.10. The van der Waals surface area contributed by atoms with Crippen LogP contribution < -0.4 is 4.74 Å². The minimum absolute atomic E-state index is 0.193. The Morgan fingerprint density at radius 2 is 2.27 bits per heavy atom. The molecule has 0 unspecified atom stereocenters. The van der Waals surface area contributed by atoms with Gasteiger partial charge < -0.3 is 9.64 Å². The van der Waals surface area contributed by atoms with E-state index in [2.05, 4.69) is 0 Å². The molecule has 3 heteroatoms. The smallest absolute Gasteiger partial charge is 0.210 e. The summed E-state index contributed by atoms with van der Waals surface area (Å²) in [5.74, 6) is 0.872. The molecule has 1 saturated heterocycles. The fraction of sp³-hybridized carbons (Fsp3) is 0.417. The molecule has 1 aliphatic rings. The summed E-state index contributed by atoms with van der Waals surface area (Å²) in [5.41, 5.74) is 1.12. The van der Waals surface area contributed by atoms with Gasteiger partial charge in [0.05, 0.1) is 13.2 Å². The second kappa shape index (κ2) is 4.34. The molecule has 2 rings (SSSR count). The molecular formula is C12H15NO2. The zero-order valence-corrected chi connectivity index (χ0v) is 8.85. The van der Waals surface area contributed by atoms with E-state index in [4.69, 9.17) is 4.74 Å².